The maximum absolute atomic E-state index is 11.0. The van der Waals surface area contributed by atoms with E-state index in [2.05, 4.69) is 5.32 Å². The molecule has 5 nitrogen and oxygen atoms in total. The van der Waals surface area contributed by atoms with Gasteiger partial charge in [0.2, 0.25) is 0 Å². The van der Waals surface area contributed by atoms with Gasteiger partial charge < -0.3 is 20.9 Å². The van der Waals surface area contributed by atoms with E-state index in [9.17, 15) is 4.79 Å². The molecule has 0 saturated carbocycles. The number of hydrogen-bond acceptors (Lipinski definition) is 4. The molecule has 0 bridgehead atoms. The van der Waals surface area contributed by atoms with Crippen molar-refractivity contribution in [1.82, 2.24) is 0 Å². The molecular formula is C12H16N2O3. The number of carboxylic acids is 1. The number of ether oxygens (including phenoxy) is 1. The molecule has 1 fully saturated rings. The molecule has 5 heteroatoms. The Kier molecular flexibility index (Phi) is 3.19. The topological polar surface area (TPSA) is 84.6 Å². The summed E-state index contributed by atoms with van der Waals surface area (Å²) in [5, 5.41) is 12.1. The number of nitrogens with two attached hydrogens (primary N) is 1. The summed E-state index contributed by atoms with van der Waals surface area (Å²) in [5.74, 6) is -0.939. The summed E-state index contributed by atoms with van der Waals surface area (Å²) in [4.78, 5) is 11.0. The van der Waals surface area contributed by atoms with Gasteiger partial charge in [0.1, 0.15) is 0 Å². The lowest BCUT2D eigenvalue weighted by Crippen LogP contribution is -2.33. The number of anilines is 2. The Hall–Kier alpha value is -1.75. The van der Waals surface area contributed by atoms with Gasteiger partial charge in [-0.1, -0.05) is 0 Å². The molecule has 1 saturated heterocycles. The first kappa shape index (κ1) is 11.7. The zero-order valence-corrected chi connectivity index (χ0v) is 9.69. The van der Waals surface area contributed by atoms with Crippen LogP contribution in [-0.2, 0) is 4.74 Å². The predicted octanol–water partition coefficient (Wildman–Crippen LogP) is 1.48. The lowest BCUT2D eigenvalue weighted by molar-refractivity contribution is -0.0410. The first-order valence-corrected chi connectivity index (χ1v) is 5.57. The smallest absolute Gasteiger partial charge is 0.336 e. The molecule has 4 N–H and O–H groups in total. The van der Waals surface area contributed by atoms with Gasteiger partial charge in [0.25, 0.3) is 0 Å². The Morgan fingerprint density at radius 3 is 2.88 bits per heavy atom. The molecule has 1 heterocycles. The number of aryl methyl sites for hydroxylation is 1. The Labute approximate surface area is 99.6 Å². The molecule has 1 atom stereocenters. The molecule has 0 aliphatic carbocycles. The van der Waals surface area contributed by atoms with Crippen LogP contribution in [0.2, 0.25) is 0 Å². The van der Waals surface area contributed by atoms with Gasteiger partial charge in [-0.25, -0.2) is 4.79 Å². The highest BCUT2D eigenvalue weighted by Crippen LogP contribution is 2.24. The van der Waals surface area contributed by atoms with Gasteiger partial charge in [0.05, 0.1) is 23.0 Å². The third-order valence-electron chi connectivity index (χ3n) is 2.94. The van der Waals surface area contributed by atoms with Gasteiger partial charge in [-0.3, -0.25) is 0 Å². The zero-order valence-electron chi connectivity index (χ0n) is 9.69. The molecule has 0 amide bonds. The van der Waals surface area contributed by atoms with Crippen molar-refractivity contribution in [3.05, 3.63) is 23.3 Å². The molecule has 1 aliphatic rings. The Balaban J connectivity index is 2.14. The van der Waals surface area contributed by atoms with E-state index >= 15 is 0 Å². The van der Waals surface area contributed by atoms with E-state index in [4.69, 9.17) is 15.6 Å². The highest BCUT2D eigenvalue weighted by molar-refractivity contribution is 5.92. The van der Waals surface area contributed by atoms with Crippen LogP contribution in [0.1, 0.15) is 22.3 Å². The minimum absolute atomic E-state index is 0.212. The van der Waals surface area contributed by atoms with Gasteiger partial charge in [-0.2, -0.15) is 0 Å². The average molecular weight is 236 g/mol. The van der Waals surface area contributed by atoms with E-state index in [0.717, 1.165) is 13.0 Å². The van der Waals surface area contributed by atoms with Crippen molar-refractivity contribution in [2.24, 2.45) is 0 Å². The van der Waals surface area contributed by atoms with Crippen molar-refractivity contribution in [2.45, 2.75) is 19.4 Å². The number of benzene rings is 1. The molecule has 1 unspecified atom stereocenters. The largest absolute Gasteiger partial charge is 0.478 e. The van der Waals surface area contributed by atoms with Crippen LogP contribution in [0.5, 0.6) is 0 Å². The third kappa shape index (κ3) is 2.50. The third-order valence-corrected chi connectivity index (χ3v) is 2.94. The summed E-state index contributed by atoms with van der Waals surface area (Å²) in [6.45, 7) is 3.20. The highest BCUT2D eigenvalue weighted by Gasteiger charge is 2.18. The van der Waals surface area contributed by atoms with E-state index in [1.165, 1.54) is 0 Å². The van der Waals surface area contributed by atoms with E-state index in [0.29, 0.717) is 23.5 Å². The lowest BCUT2D eigenvalue weighted by Gasteiger charge is -2.27. The standard InChI is InChI=1S/C12H16N2O3/c1-7-4-10(13)11(5-9(7)12(15)16)14-6-8-2-3-17-8/h4-5,8,14H,2-3,6,13H2,1H3,(H,15,16). The van der Waals surface area contributed by atoms with Crippen molar-refractivity contribution in [2.75, 3.05) is 24.2 Å². The predicted molar refractivity (Wildman–Crippen MR) is 65.4 cm³/mol. The maximum Gasteiger partial charge on any atom is 0.336 e. The summed E-state index contributed by atoms with van der Waals surface area (Å²) < 4.78 is 5.27. The molecule has 1 aliphatic heterocycles. The number of nitrogen functional groups attached to an aromatic ring is 1. The minimum Gasteiger partial charge on any atom is -0.478 e. The normalized spacial score (nSPS) is 18.5. The first-order valence-electron chi connectivity index (χ1n) is 5.57. The second kappa shape index (κ2) is 4.63. The van der Waals surface area contributed by atoms with Crippen LogP contribution >= 0.6 is 0 Å². The van der Waals surface area contributed by atoms with Crippen LogP contribution in [0.25, 0.3) is 0 Å². The number of hydrogen-bond donors (Lipinski definition) is 3. The van der Waals surface area contributed by atoms with Crippen molar-refractivity contribution < 1.29 is 14.6 Å². The van der Waals surface area contributed by atoms with Gasteiger partial charge in [-0.05, 0) is 31.0 Å². The minimum atomic E-state index is -0.939. The quantitative estimate of drug-likeness (QED) is 0.689. The van der Waals surface area contributed by atoms with Crippen LogP contribution < -0.4 is 11.1 Å². The zero-order chi connectivity index (χ0) is 12.4. The summed E-state index contributed by atoms with van der Waals surface area (Å²) in [6, 6.07) is 3.25. The molecule has 0 radical (unpaired) electrons. The molecular weight excluding hydrogens is 220 g/mol. The first-order chi connectivity index (χ1) is 8.08. The average Bonchev–Trinajstić information content (AvgIpc) is 2.18. The summed E-state index contributed by atoms with van der Waals surface area (Å²) in [7, 11) is 0. The Bertz CT molecular complexity index is 442. The summed E-state index contributed by atoms with van der Waals surface area (Å²) in [6.07, 6.45) is 1.24. The number of rotatable bonds is 4. The fraction of sp³-hybridized carbons (Fsp3) is 0.417. The van der Waals surface area contributed by atoms with Gasteiger partial charge in [0, 0.05) is 13.2 Å². The van der Waals surface area contributed by atoms with Gasteiger partial charge in [0.15, 0.2) is 0 Å². The number of carboxylic acid groups (broad SMARTS) is 1. The molecule has 92 valence electrons. The fourth-order valence-electron chi connectivity index (χ4n) is 1.78. The van der Waals surface area contributed by atoms with Gasteiger partial charge in [-0.15, -0.1) is 0 Å². The van der Waals surface area contributed by atoms with E-state index in [-0.39, 0.29) is 11.7 Å². The van der Waals surface area contributed by atoms with Crippen molar-refractivity contribution in [1.29, 1.82) is 0 Å². The van der Waals surface area contributed by atoms with Crippen LogP contribution in [0, 0.1) is 6.92 Å². The molecule has 17 heavy (non-hydrogen) atoms. The lowest BCUT2D eigenvalue weighted by atomic mass is 10.1. The van der Waals surface area contributed by atoms with Crippen LogP contribution in [0.3, 0.4) is 0 Å². The van der Waals surface area contributed by atoms with Crippen molar-refractivity contribution in [3.63, 3.8) is 0 Å². The highest BCUT2D eigenvalue weighted by atomic mass is 16.5. The maximum atomic E-state index is 11.0. The second-order valence-electron chi connectivity index (χ2n) is 4.22. The van der Waals surface area contributed by atoms with Crippen molar-refractivity contribution >= 4 is 17.3 Å². The number of aromatic carboxylic acids is 1. The molecule has 1 aromatic carbocycles. The van der Waals surface area contributed by atoms with Crippen molar-refractivity contribution in [3.8, 4) is 0 Å². The van der Waals surface area contributed by atoms with E-state index < -0.39 is 5.97 Å². The van der Waals surface area contributed by atoms with Gasteiger partial charge >= 0.3 is 5.97 Å². The summed E-state index contributed by atoms with van der Waals surface area (Å²) in [5.41, 5.74) is 8.00. The SMILES string of the molecule is Cc1cc(N)c(NCC2CCO2)cc1C(=O)O. The molecule has 0 aromatic heterocycles. The monoisotopic (exact) mass is 236 g/mol. The number of carbonyl (C=O) groups is 1. The van der Waals surface area contributed by atoms with E-state index in [1.807, 2.05) is 0 Å². The van der Waals surface area contributed by atoms with Crippen LogP contribution in [-0.4, -0.2) is 30.3 Å². The fourth-order valence-corrected chi connectivity index (χ4v) is 1.78. The summed E-state index contributed by atoms with van der Waals surface area (Å²) >= 11 is 0. The molecule has 2 rings (SSSR count). The van der Waals surface area contributed by atoms with E-state index in [1.54, 1.807) is 19.1 Å². The molecule has 0 spiro atoms. The Morgan fingerprint density at radius 2 is 2.35 bits per heavy atom. The number of nitrogens with one attached hydrogen (secondary N) is 1. The molecule has 1 aromatic rings. The van der Waals surface area contributed by atoms with Crippen LogP contribution in [0.4, 0.5) is 11.4 Å². The second-order valence-corrected chi connectivity index (χ2v) is 4.22. The Morgan fingerprint density at radius 1 is 1.65 bits per heavy atom. The van der Waals surface area contributed by atoms with Crippen LogP contribution in [0.15, 0.2) is 12.1 Å².